The van der Waals surface area contributed by atoms with Gasteiger partial charge in [0.1, 0.15) is 0 Å². The summed E-state index contributed by atoms with van der Waals surface area (Å²) in [5, 5.41) is 0. The number of esters is 1. The minimum Gasteiger partial charge on any atom is -0.493 e. The molecule has 27 heavy (non-hydrogen) atoms. The van der Waals surface area contributed by atoms with Crippen LogP contribution in [0.1, 0.15) is 39.0 Å². The molecule has 0 radical (unpaired) electrons. The van der Waals surface area contributed by atoms with E-state index in [1.807, 2.05) is 25.3 Å². The molecule has 1 aromatic carbocycles. The third-order valence-electron chi connectivity index (χ3n) is 4.22. The van der Waals surface area contributed by atoms with Crippen LogP contribution < -0.4 is 9.47 Å². The van der Waals surface area contributed by atoms with Gasteiger partial charge in [-0.05, 0) is 45.0 Å². The first-order valence-corrected chi connectivity index (χ1v) is 8.71. The third-order valence-corrected chi connectivity index (χ3v) is 4.22. The lowest BCUT2D eigenvalue weighted by Gasteiger charge is -2.11. The topological polar surface area (TPSA) is 66.8 Å². The van der Waals surface area contributed by atoms with Crippen molar-refractivity contribution in [3.8, 4) is 11.5 Å². The predicted octanol–water partition coefficient (Wildman–Crippen LogP) is 3.74. The maximum Gasteiger partial charge on any atom is 0.338 e. The number of hydrogen-bond donors (Lipinski definition) is 0. The van der Waals surface area contributed by atoms with E-state index in [9.17, 15) is 9.59 Å². The van der Waals surface area contributed by atoms with Gasteiger partial charge in [-0.1, -0.05) is 6.08 Å². The lowest BCUT2D eigenvalue weighted by atomic mass is 10.1. The number of ketones is 1. The van der Waals surface area contributed by atoms with Crippen LogP contribution in [0.4, 0.5) is 0 Å². The number of methoxy groups -OCH3 is 1. The minimum atomic E-state index is -0.591. The third kappa shape index (κ3) is 4.58. The van der Waals surface area contributed by atoms with Crippen molar-refractivity contribution < 1.29 is 23.8 Å². The van der Waals surface area contributed by atoms with E-state index in [4.69, 9.17) is 14.2 Å². The Hall–Kier alpha value is -3.02. The molecular weight excluding hydrogens is 346 g/mol. The quantitative estimate of drug-likeness (QED) is 0.382. The molecule has 0 atom stereocenters. The van der Waals surface area contributed by atoms with Crippen molar-refractivity contribution >= 4 is 11.8 Å². The van der Waals surface area contributed by atoms with Gasteiger partial charge in [-0.2, -0.15) is 0 Å². The highest BCUT2D eigenvalue weighted by atomic mass is 16.5. The van der Waals surface area contributed by atoms with Crippen molar-refractivity contribution in [2.45, 2.75) is 27.3 Å². The fourth-order valence-corrected chi connectivity index (χ4v) is 2.86. The molecule has 144 valence electrons. The first kappa shape index (κ1) is 20.3. The minimum absolute atomic E-state index is 0.245. The molecule has 0 aliphatic heterocycles. The fourth-order valence-electron chi connectivity index (χ4n) is 2.86. The number of aryl methyl sites for hydroxylation is 1. The van der Waals surface area contributed by atoms with Crippen LogP contribution in [0.2, 0.25) is 0 Å². The Labute approximate surface area is 159 Å². The molecule has 0 amide bonds. The van der Waals surface area contributed by atoms with Crippen molar-refractivity contribution in [3.05, 3.63) is 59.4 Å². The number of rotatable bonds is 9. The van der Waals surface area contributed by atoms with Gasteiger partial charge in [0.15, 0.2) is 18.1 Å². The highest BCUT2D eigenvalue weighted by molar-refractivity contribution is 6.00. The average molecular weight is 371 g/mol. The summed E-state index contributed by atoms with van der Waals surface area (Å²) >= 11 is 0. The Balaban J connectivity index is 2.09. The van der Waals surface area contributed by atoms with E-state index in [2.05, 4.69) is 6.58 Å². The molecule has 0 spiro atoms. The van der Waals surface area contributed by atoms with Crippen molar-refractivity contribution in [3.63, 3.8) is 0 Å². The zero-order valence-electron chi connectivity index (χ0n) is 16.2. The van der Waals surface area contributed by atoms with Crippen LogP contribution in [0.3, 0.4) is 0 Å². The summed E-state index contributed by atoms with van der Waals surface area (Å²) in [5.41, 5.74) is 2.63. The molecule has 0 aliphatic rings. The Morgan fingerprint density at radius 2 is 1.93 bits per heavy atom. The summed E-state index contributed by atoms with van der Waals surface area (Å²) in [5.74, 6) is 0.144. The lowest BCUT2D eigenvalue weighted by molar-refractivity contribution is 0.0474. The summed E-state index contributed by atoms with van der Waals surface area (Å²) in [6.07, 6.45) is 1.77. The zero-order chi connectivity index (χ0) is 20.0. The van der Waals surface area contributed by atoms with Crippen LogP contribution in [0.15, 0.2) is 36.9 Å². The zero-order valence-corrected chi connectivity index (χ0v) is 16.2. The van der Waals surface area contributed by atoms with Crippen LogP contribution in [-0.4, -0.2) is 36.6 Å². The second-order valence-electron chi connectivity index (χ2n) is 5.98. The highest BCUT2D eigenvalue weighted by Gasteiger charge is 2.18. The molecule has 2 aromatic rings. The van der Waals surface area contributed by atoms with Gasteiger partial charge in [0, 0.05) is 23.5 Å². The SMILES string of the molecule is C=CCn1c(C)cc(C(=O)COC(=O)c2ccc(OC)c(OCC)c2)c1C. The number of aromatic nitrogens is 1. The van der Waals surface area contributed by atoms with E-state index in [0.717, 1.165) is 11.4 Å². The molecule has 1 aromatic heterocycles. The molecule has 0 bridgehead atoms. The summed E-state index contributed by atoms with van der Waals surface area (Å²) < 4.78 is 17.8. The monoisotopic (exact) mass is 371 g/mol. The smallest absolute Gasteiger partial charge is 0.338 e. The molecule has 1 heterocycles. The summed E-state index contributed by atoms with van der Waals surface area (Å²) in [6.45, 7) is 10.1. The van der Waals surface area contributed by atoms with Crippen LogP contribution in [0.25, 0.3) is 0 Å². The summed E-state index contributed by atoms with van der Waals surface area (Å²) in [4.78, 5) is 24.8. The van der Waals surface area contributed by atoms with Crippen LogP contribution in [0, 0.1) is 13.8 Å². The maximum absolute atomic E-state index is 12.5. The van der Waals surface area contributed by atoms with Crippen LogP contribution >= 0.6 is 0 Å². The molecule has 6 nitrogen and oxygen atoms in total. The van der Waals surface area contributed by atoms with Gasteiger partial charge >= 0.3 is 5.97 Å². The van der Waals surface area contributed by atoms with Gasteiger partial charge in [-0.15, -0.1) is 6.58 Å². The summed E-state index contributed by atoms with van der Waals surface area (Å²) in [6, 6.07) is 6.55. The van der Waals surface area contributed by atoms with Gasteiger partial charge in [-0.3, -0.25) is 4.79 Å². The second-order valence-corrected chi connectivity index (χ2v) is 5.98. The van der Waals surface area contributed by atoms with E-state index in [-0.39, 0.29) is 12.4 Å². The van der Waals surface area contributed by atoms with Gasteiger partial charge < -0.3 is 18.8 Å². The fraction of sp³-hybridized carbons (Fsp3) is 0.333. The van der Waals surface area contributed by atoms with Gasteiger partial charge in [0.05, 0.1) is 19.3 Å². The number of Topliss-reactive ketones (excluding diaryl/α,β-unsaturated/α-hetero) is 1. The van der Waals surface area contributed by atoms with Crippen LogP contribution in [0.5, 0.6) is 11.5 Å². The molecule has 0 N–H and O–H groups in total. The first-order valence-electron chi connectivity index (χ1n) is 8.71. The van der Waals surface area contributed by atoms with E-state index in [0.29, 0.717) is 35.8 Å². The number of carbonyl (C=O) groups excluding carboxylic acids is 2. The first-order chi connectivity index (χ1) is 12.9. The van der Waals surface area contributed by atoms with Crippen LogP contribution in [-0.2, 0) is 11.3 Å². The molecule has 6 heteroatoms. The second kappa shape index (κ2) is 9.07. The molecule has 0 saturated heterocycles. The number of ether oxygens (including phenoxy) is 3. The highest BCUT2D eigenvalue weighted by Crippen LogP contribution is 2.28. The van der Waals surface area contributed by atoms with Crippen molar-refractivity contribution in [1.82, 2.24) is 4.57 Å². The number of nitrogens with zero attached hydrogens (tertiary/aromatic N) is 1. The Kier molecular flexibility index (Phi) is 6.82. The molecular formula is C21H25NO5. The van der Waals surface area contributed by atoms with Crippen molar-refractivity contribution in [2.75, 3.05) is 20.3 Å². The predicted molar refractivity (Wildman–Crippen MR) is 103 cm³/mol. The molecule has 2 rings (SSSR count). The van der Waals surface area contributed by atoms with Crippen molar-refractivity contribution in [1.29, 1.82) is 0 Å². The largest absolute Gasteiger partial charge is 0.493 e. The Morgan fingerprint density at radius 3 is 2.56 bits per heavy atom. The number of hydrogen-bond acceptors (Lipinski definition) is 5. The Bertz CT molecular complexity index is 850. The average Bonchev–Trinajstić information content (AvgIpc) is 2.94. The molecule has 0 aliphatic carbocycles. The van der Waals surface area contributed by atoms with E-state index in [1.165, 1.54) is 7.11 Å². The van der Waals surface area contributed by atoms with E-state index < -0.39 is 5.97 Å². The normalized spacial score (nSPS) is 10.4. The van der Waals surface area contributed by atoms with E-state index >= 15 is 0 Å². The standard InChI is InChI=1S/C21H25NO5/c1-6-10-22-14(3)11-17(15(22)4)18(23)13-27-21(24)16-8-9-19(25-5)20(12-16)26-7-2/h6,8-9,11-12H,1,7,10,13H2,2-5H3. The maximum atomic E-state index is 12.5. The number of carbonyl (C=O) groups is 2. The number of benzene rings is 1. The van der Waals surface area contributed by atoms with Gasteiger partial charge in [0.2, 0.25) is 5.78 Å². The van der Waals surface area contributed by atoms with Gasteiger partial charge in [-0.25, -0.2) is 4.79 Å². The number of allylic oxidation sites excluding steroid dienone is 1. The Morgan fingerprint density at radius 1 is 1.19 bits per heavy atom. The van der Waals surface area contributed by atoms with E-state index in [1.54, 1.807) is 30.3 Å². The molecule has 0 saturated carbocycles. The molecule has 0 unspecified atom stereocenters. The summed E-state index contributed by atoms with van der Waals surface area (Å²) in [7, 11) is 1.53. The molecule has 0 fully saturated rings. The van der Waals surface area contributed by atoms with Gasteiger partial charge in [0.25, 0.3) is 0 Å². The lowest BCUT2D eigenvalue weighted by Crippen LogP contribution is -2.15. The van der Waals surface area contributed by atoms with Crippen molar-refractivity contribution in [2.24, 2.45) is 0 Å².